The van der Waals surface area contributed by atoms with E-state index in [4.69, 9.17) is 0 Å². The number of benzene rings is 1. The second kappa shape index (κ2) is 6.92. The molecule has 0 unspecified atom stereocenters. The molecule has 0 bridgehead atoms. The molecule has 9 heteroatoms. The van der Waals surface area contributed by atoms with Gasteiger partial charge in [-0.3, -0.25) is 4.79 Å². The van der Waals surface area contributed by atoms with Crippen LogP contribution in [0.1, 0.15) is 27.3 Å². The molecular weight excluding hydrogens is 349 g/mol. The van der Waals surface area contributed by atoms with Crippen molar-refractivity contribution < 1.29 is 9.18 Å². The van der Waals surface area contributed by atoms with Gasteiger partial charge in [-0.2, -0.15) is 4.52 Å². The summed E-state index contributed by atoms with van der Waals surface area (Å²) < 4.78 is 15.6. The Labute approximate surface area is 155 Å². The van der Waals surface area contributed by atoms with Gasteiger partial charge in [-0.15, -0.1) is 15.3 Å². The van der Waals surface area contributed by atoms with Crippen LogP contribution in [-0.2, 0) is 19.5 Å². The fourth-order valence-electron chi connectivity index (χ4n) is 3.21. The van der Waals surface area contributed by atoms with E-state index in [0.29, 0.717) is 35.6 Å². The summed E-state index contributed by atoms with van der Waals surface area (Å²) in [5.74, 6) is 0.751. The summed E-state index contributed by atoms with van der Waals surface area (Å²) in [5, 5.41) is 18.6. The minimum absolute atomic E-state index is 0.175. The van der Waals surface area contributed by atoms with Crippen LogP contribution in [0.3, 0.4) is 0 Å². The number of hydrogen-bond donors (Lipinski definition) is 2. The number of anilines is 1. The van der Waals surface area contributed by atoms with Crippen molar-refractivity contribution >= 4 is 17.4 Å². The van der Waals surface area contributed by atoms with Gasteiger partial charge in [0.15, 0.2) is 11.5 Å². The van der Waals surface area contributed by atoms with Crippen molar-refractivity contribution in [1.82, 2.24) is 30.4 Å². The zero-order chi connectivity index (χ0) is 19.0. The summed E-state index contributed by atoms with van der Waals surface area (Å²) in [4.78, 5) is 14.6. The molecule has 8 nitrogen and oxygen atoms in total. The molecule has 0 radical (unpaired) electrons. The Morgan fingerprint density at radius 2 is 2.11 bits per heavy atom. The van der Waals surface area contributed by atoms with Gasteiger partial charge in [0.25, 0.3) is 5.91 Å². The largest absolute Gasteiger partial charge is 0.361 e. The van der Waals surface area contributed by atoms with Crippen LogP contribution >= 0.6 is 0 Å². The number of carbonyl (C=O) groups is 1. The van der Waals surface area contributed by atoms with E-state index in [1.54, 1.807) is 10.6 Å². The molecule has 0 fully saturated rings. The van der Waals surface area contributed by atoms with E-state index in [-0.39, 0.29) is 18.3 Å². The molecule has 27 heavy (non-hydrogen) atoms. The van der Waals surface area contributed by atoms with Gasteiger partial charge < -0.3 is 15.5 Å². The highest BCUT2D eigenvalue weighted by Crippen LogP contribution is 2.22. The Balaban J connectivity index is 1.57. The first-order valence-corrected chi connectivity index (χ1v) is 8.72. The Bertz CT molecular complexity index is 1010. The normalized spacial score (nSPS) is 13.4. The fourth-order valence-corrected chi connectivity index (χ4v) is 3.21. The molecule has 1 amide bonds. The fraction of sp³-hybridized carbons (Fsp3) is 0.333. The zero-order valence-electron chi connectivity index (χ0n) is 15.2. The Morgan fingerprint density at radius 3 is 2.93 bits per heavy atom. The maximum Gasteiger partial charge on any atom is 0.251 e. The van der Waals surface area contributed by atoms with Crippen LogP contribution in [0.25, 0.3) is 5.65 Å². The number of nitrogens with one attached hydrogen (secondary N) is 2. The topological polar surface area (TPSA) is 87.5 Å². The average molecular weight is 369 g/mol. The van der Waals surface area contributed by atoms with Gasteiger partial charge in [-0.25, -0.2) is 4.39 Å². The first-order chi connectivity index (χ1) is 13.0. The maximum absolute atomic E-state index is 14.0. The first kappa shape index (κ1) is 17.3. The van der Waals surface area contributed by atoms with Gasteiger partial charge in [-0.05, 0) is 42.8 Å². The van der Waals surface area contributed by atoms with Crippen molar-refractivity contribution in [3.63, 3.8) is 0 Å². The van der Waals surface area contributed by atoms with Crippen LogP contribution < -0.4 is 15.5 Å². The molecule has 3 heterocycles. The number of nitrogens with zero attached hydrogens (tertiary/aromatic N) is 5. The van der Waals surface area contributed by atoms with E-state index in [1.807, 2.05) is 31.1 Å². The second-order valence-corrected chi connectivity index (χ2v) is 6.63. The van der Waals surface area contributed by atoms with Crippen LogP contribution in [0.5, 0.6) is 0 Å². The predicted molar refractivity (Wildman–Crippen MR) is 98.1 cm³/mol. The van der Waals surface area contributed by atoms with Gasteiger partial charge in [0.2, 0.25) is 0 Å². The Morgan fingerprint density at radius 1 is 1.26 bits per heavy atom. The molecule has 0 atom stereocenters. The number of hydrogen-bond acceptors (Lipinski definition) is 6. The SMILES string of the molecule is CN(C)c1ccc2nnc(CNC(=O)c3ccc(F)c4c3CCNC4)n2n1. The Kier molecular flexibility index (Phi) is 4.44. The summed E-state index contributed by atoms with van der Waals surface area (Å²) in [6.07, 6.45) is 0.622. The summed E-state index contributed by atoms with van der Waals surface area (Å²) >= 11 is 0. The van der Waals surface area contributed by atoms with Gasteiger partial charge in [0.1, 0.15) is 11.6 Å². The number of halogens is 1. The summed E-state index contributed by atoms with van der Waals surface area (Å²) in [7, 11) is 3.79. The Hall–Kier alpha value is -3.07. The van der Waals surface area contributed by atoms with E-state index >= 15 is 0 Å². The molecule has 2 aromatic heterocycles. The van der Waals surface area contributed by atoms with E-state index in [0.717, 1.165) is 17.9 Å². The number of carbonyl (C=O) groups excluding carboxylic acids is 1. The summed E-state index contributed by atoms with van der Waals surface area (Å²) in [5.41, 5.74) is 2.45. The third-order valence-electron chi connectivity index (χ3n) is 4.65. The molecule has 0 saturated carbocycles. The van der Waals surface area contributed by atoms with Crippen molar-refractivity contribution in [2.45, 2.75) is 19.5 Å². The first-order valence-electron chi connectivity index (χ1n) is 8.72. The third kappa shape index (κ3) is 3.21. The lowest BCUT2D eigenvalue weighted by molar-refractivity contribution is 0.0948. The van der Waals surface area contributed by atoms with Crippen molar-refractivity contribution in [2.24, 2.45) is 0 Å². The van der Waals surface area contributed by atoms with Crippen LogP contribution in [0.4, 0.5) is 10.2 Å². The number of aromatic nitrogens is 4. The smallest absolute Gasteiger partial charge is 0.251 e. The maximum atomic E-state index is 14.0. The minimum Gasteiger partial charge on any atom is -0.361 e. The van der Waals surface area contributed by atoms with Crippen LogP contribution in [0, 0.1) is 5.82 Å². The molecular formula is C18H20FN7O. The quantitative estimate of drug-likeness (QED) is 0.711. The third-order valence-corrected chi connectivity index (χ3v) is 4.65. The van der Waals surface area contributed by atoms with E-state index in [9.17, 15) is 9.18 Å². The predicted octanol–water partition coefficient (Wildman–Crippen LogP) is 0.905. The lowest BCUT2D eigenvalue weighted by Crippen LogP contribution is -2.30. The van der Waals surface area contributed by atoms with E-state index in [1.165, 1.54) is 6.07 Å². The molecule has 0 aliphatic carbocycles. The standard InChI is InChI=1S/C18H20FN7O/c1-25(2)16-6-5-15-22-23-17(26(15)24-16)10-21-18(27)12-3-4-14(19)13-9-20-8-7-11(12)13/h3-6,20H,7-10H2,1-2H3,(H,21,27). The van der Waals surface area contributed by atoms with Gasteiger partial charge in [0.05, 0.1) is 6.54 Å². The zero-order valence-corrected chi connectivity index (χ0v) is 15.2. The van der Waals surface area contributed by atoms with Gasteiger partial charge in [0, 0.05) is 31.8 Å². The summed E-state index contributed by atoms with van der Waals surface area (Å²) in [6, 6.07) is 6.56. The molecule has 4 rings (SSSR count). The highest BCUT2D eigenvalue weighted by molar-refractivity contribution is 5.96. The number of fused-ring (bicyclic) bond motifs is 2. The van der Waals surface area contributed by atoms with E-state index < -0.39 is 0 Å². The van der Waals surface area contributed by atoms with E-state index in [2.05, 4.69) is 25.9 Å². The van der Waals surface area contributed by atoms with Crippen molar-refractivity contribution in [2.75, 3.05) is 25.5 Å². The van der Waals surface area contributed by atoms with Crippen molar-refractivity contribution in [1.29, 1.82) is 0 Å². The molecule has 3 aromatic rings. The van der Waals surface area contributed by atoms with Gasteiger partial charge in [-0.1, -0.05) is 0 Å². The van der Waals surface area contributed by atoms with Crippen LogP contribution in [-0.4, -0.2) is 46.4 Å². The molecule has 1 aliphatic rings. The lowest BCUT2D eigenvalue weighted by Gasteiger charge is -2.20. The highest BCUT2D eigenvalue weighted by atomic mass is 19.1. The minimum atomic E-state index is -0.280. The molecule has 140 valence electrons. The molecule has 0 saturated heterocycles. The molecule has 2 N–H and O–H groups in total. The lowest BCUT2D eigenvalue weighted by atomic mass is 9.94. The molecule has 1 aliphatic heterocycles. The average Bonchev–Trinajstić information content (AvgIpc) is 3.09. The highest BCUT2D eigenvalue weighted by Gasteiger charge is 2.21. The second-order valence-electron chi connectivity index (χ2n) is 6.63. The number of rotatable bonds is 4. The monoisotopic (exact) mass is 369 g/mol. The van der Waals surface area contributed by atoms with Gasteiger partial charge >= 0.3 is 0 Å². The summed E-state index contributed by atoms with van der Waals surface area (Å²) in [6.45, 7) is 1.34. The number of amides is 1. The van der Waals surface area contributed by atoms with Crippen molar-refractivity contribution in [3.05, 3.63) is 52.6 Å². The van der Waals surface area contributed by atoms with Crippen molar-refractivity contribution in [3.8, 4) is 0 Å². The molecule has 1 aromatic carbocycles. The molecule has 0 spiro atoms. The van der Waals surface area contributed by atoms with Crippen LogP contribution in [0.2, 0.25) is 0 Å². The van der Waals surface area contributed by atoms with Crippen LogP contribution in [0.15, 0.2) is 24.3 Å².